The lowest BCUT2D eigenvalue weighted by Gasteiger charge is -2.14. The van der Waals surface area contributed by atoms with Crippen molar-refractivity contribution in [3.8, 4) is 0 Å². The molecule has 0 spiro atoms. The molecule has 0 saturated carbocycles. The number of benzene rings is 1. The van der Waals surface area contributed by atoms with Crippen molar-refractivity contribution < 1.29 is 9.90 Å². The molecule has 2 aromatic rings. The van der Waals surface area contributed by atoms with Gasteiger partial charge in [0.25, 0.3) is 0 Å². The van der Waals surface area contributed by atoms with Crippen LogP contribution in [0.5, 0.6) is 0 Å². The fraction of sp³-hybridized carbons (Fsp3) is 0.550. The Balaban J connectivity index is 2.09. The summed E-state index contributed by atoms with van der Waals surface area (Å²) in [6, 6.07) is 4.08. The van der Waals surface area contributed by atoms with E-state index in [-0.39, 0.29) is 0 Å². The van der Waals surface area contributed by atoms with Gasteiger partial charge in [-0.15, -0.1) is 0 Å². The third kappa shape index (κ3) is 2.95. The molecule has 0 bridgehead atoms. The highest BCUT2D eigenvalue weighted by atomic mass is 16.4. The van der Waals surface area contributed by atoms with Crippen molar-refractivity contribution >= 4 is 16.9 Å². The number of carbonyl (C=O) groups is 1. The zero-order chi connectivity index (χ0) is 17.3. The normalized spacial score (nSPS) is 15.5. The number of rotatable bonds is 6. The predicted octanol–water partition coefficient (Wildman–Crippen LogP) is 4.00. The van der Waals surface area contributed by atoms with E-state index in [1.807, 2.05) is 13.0 Å². The van der Waals surface area contributed by atoms with Gasteiger partial charge in [-0.05, 0) is 63.7 Å². The molecule has 1 fully saturated rings. The highest BCUT2D eigenvalue weighted by molar-refractivity contribution is 6.05. The van der Waals surface area contributed by atoms with Crippen LogP contribution in [0, 0.1) is 13.8 Å². The molecular weight excluding hydrogens is 300 g/mol. The van der Waals surface area contributed by atoms with Crippen molar-refractivity contribution in [3.05, 3.63) is 34.5 Å². The Labute approximate surface area is 144 Å². The van der Waals surface area contributed by atoms with Crippen LogP contribution in [0.25, 0.3) is 10.9 Å². The Morgan fingerprint density at radius 3 is 2.50 bits per heavy atom. The van der Waals surface area contributed by atoms with Gasteiger partial charge in [-0.3, -0.25) is 0 Å². The van der Waals surface area contributed by atoms with Crippen LogP contribution in [-0.4, -0.2) is 40.2 Å². The third-order valence-corrected chi connectivity index (χ3v) is 5.36. The summed E-state index contributed by atoms with van der Waals surface area (Å²) >= 11 is 0. The minimum Gasteiger partial charge on any atom is -0.478 e. The van der Waals surface area contributed by atoms with Gasteiger partial charge in [-0.1, -0.05) is 19.1 Å². The topological polar surface area (TPSA) is 45.5 Å². The molecule has 4 nitrogen and oxygen atoms in total. The van der Waals surface area contributed by atoms with Crippen molar-refractivity contribution in [2.75, 3.05) is 19.6 Å². The number of hydrogen-bond acceptors (Lipinski definition) is 2. The van der Waals surface area contributed by atoms with Gasteiger partial charge < -0.3 is 14.6 Å². The van der Waals surface area contributed by atoms with Gasteiger partial charge in [-0.2, -0.15) is 0 Å². The first-order chi connectivity index (χ1) is 11.5. The van der Waals surface area contributed by atoms with Gasteiger partial charge in [0.05, 0.1) is 11.1 Å². The van der Waals surface area contributed by atoms with Crippen molar-refractivity contribution in [1.29, 1.82) is 0 Å². The van der Waals surface area contributed by atoms with E-state index >= 15 is 0 Å². The molecule has 0 aliphatic carbocycles. The summed E-state index contributed by atoms with van der Waals surface area (Å²) in [4.78, 5) is 14.4. The van der Waals surface area contributed by atoms with E-state index in [2.05, 4.69) is 29.4 Å². The molecule has 1 aromatic heterocycles. The van der Waals surface area contributed by atoms with Crippen LogP contribution in [0.2, 0.25) is 0 Å². The van der Waals surface area contributed by atoms with Crippen LogP contribution in [0.15, 0.2) is 12.1 Å². The Bertz CT molecular complexity index is 755. The number of carboxylic acid groups (broad SMARTS) is 1. The lowest BCUT2D eigenvalue weighted by atomic mass is 10.0. The van der Waals surface area contributed by atoms with E-state index in [0.29, 0.717) is 5.56 Å². The maximum absolute atomic E-state index is 11.9. The number of hydrogen-bond donors (Lipinski definition) is 1. The maximum atomic E-state index is 11.9. The van der Waals surface area contributed by atoms with E-state index in [4.69, 9.17) is 0 Å². The molecule has 1 saturated heterocycles. The molecule has 130 valence electrons. The first-order valence-electron chi connectivity index (χ1n) is 9.11. The summed E-state index contributed by atoms with van der Waals surface area (Å²) in [5.74, 6) is -0.820. The highest BCUT2D eigenvalue weighted by Crippen LogP contribution is 2.31. The lowest BCUT2D eigenvalue weighted by Crippen LogP contribution is -2.22. The van der Waals surface area contributed by atoms with Crippen molar-refractivity contribution in [2.24, 2.45) is 0 Å². The first kappa shape index (κ1) is 17.0. The zero-order valence-corrected chi connectivity index (χ0v) is 15.1. The second-order valence-corrected chi connectivity index (χ2v) is 6.97. The SMILES string of the molecule is CCCn1c(C)c(CCN2CCCC2)c2ccc(C)c(C(=O)O)c21. The van der Waals surface area contributed by atoms with E-state index in [0.717, 1.165) is 42.4 Å². The van der Waals surface area contributed by atoms with Crippen LogP contribution in [0.1, 0.15) is 53.4 Å². The van der Waals surface area contributed by atoms with Gasteiger partial charge in [0.2, 0.25) is 0 Å². The molecule has 1 aliphatic heterocycles. The summed E-state index contributed by atoms with van der Waals surface area (Å²) in [7, 11) is 0. The summed E-state index contributed by atoms with van der Waals surface area (Å²) in [5, 5.41) is 10.9. The number of aromatic carboxylic acids is 1. The summed E-state index contributed by atoms with van der Waals surface area (Å²) in [5.41, 5.74) is 4.79. The number of likely N-dealkylation sites (tertiary alicyclic amines) is 1. The predicted molar refractivity (Wildman–Crippen MR) is 98.0 cm³/mol. The minimum atomic E-state index is -0.820. The second-order valence-electron chi connectivity index (χ2n) is 6.97. The maximum Gasteiger partial charge on any atom is 0.338 e. The van der Waals surface area contributed by atoms with Crippen molar-refractivity contribution in [2.45, 2.75) is 53.0 Å². The Morgan fingerprint density at radius 2 is 1.88 bits per heavy atom. The van der Waals surface area contributed by atoms with Gasteiger partial charge in [0, 0.05) is 24.2 Å². The number of fused-ring (bicyclic) bond motifs is 1. The van der Waals surface area contributed by atoms with E-state index in [9.17, 15) is 9.90 Å². The highest BCUT2D eigenvalue weighted by Gasteiger charge is 2.22. The molecule has 0 radical (unpaired) electrons. The molecule has 4 heteroatoms. The smallest absolute Gasteiger partial charge is 0.338 e. The number of aryl methyl sites for hydroxylation is 2. The minimum absolute atomic E-state index is 0.469. The molecular formula is C20H28N2O2. The Hall–Kier alpha value is -1.81. The van der Waals surface area contributed by atoms with Gasteiger partial charge in [0.1, 0.15) is 0 Å². The molecule has 1 aliphatic rings. The summed E-state index contributed by atoms with van der Waals surface area (Å²) in [6.45, 7) is 10.5. The Morgan fingerprint density at radius 1 is 1.17 bits per heavy atom. The molecule has 1 aromatic carbocycles. The Kier molecular flexibility index (Phi) is 4.95. The van der Waals surface area contributed by atoms with E-state index < -0.39 is 5.97 Å². The molecule has 24 heavy (non-hydrogen) atoms. The average Bonchev–Trinajstić information content (AvgIpc) is 3.14. The summed E-state index contributed by atoms with van der Waals surface area (Å²) in [6.07, 6.45) is 4.61. The first-order valence-corrected chi connectivity index (χ1v) is 9.11. The monoisotopic (exact) mass is 328 g/mol. The average molecular weight is 328 g/mol. The molecule has 3 rings (SSSR count). The van der Waals surface area contributed by atoms with Gasteiger partial charge in [-0.25, -0.2) is 4.79 Å². The van der Waals surface area contributed by atoms with Gasteiger partial charge in [0.15, 0.2) is 0 Å². The number of aromatic nitrogens is 1. The van der Waals surface area contributed by atoms with Crippen LogP contribution in [0.4, 0.5) is 0 Å². The van der Waals surface area contributed by atoms with Crippen LogP contribution < -0.4 is 0 Å². The summed E-state index contributed by atoms with van der Waals surface area (Å²) < 4.78 is 2.23. The van der Waals surface area contributed by atoms with E-state index in [1.54, 1.807) is 0 Å². The van der Waals surface area contributed by atoms with E-state index in [1.165, 1.54) is 37.2 Å². The standard InChI is InChI=1S/C20H28N2O2/c1-4-10-22-15(3)16(9-13-21-11-5-6-12-21)17-8-7-14(2)18(19(17)22)20(23)24/h7-8H,4-6,9-13H2,1-3H3,(H,23,24). The number of nitrogens with zero attached hydrogens (tertiary/aromatic N) is 2. The fourth-order valence-electron chi connectivity index (χ4n) is 4.11. The largest absolute Gasteiger partial charge is 0.478 e. The van der Waals surface area contributed by atoms with Gasteiger partial charge >= 0.3 is 5.97 Å². The second kappa shape index (κ2) is 6.98. The van der Waals surface area contributed by atoms with Crippen LogP contribution in [-0.2, 0) is 13.0 Å². The molecule has 0 atom stereocenters. The molecule has 0 unspecified atom stereocenters. The molecule has 2 heterocycles. The van der Waals surface area contributed by atoms with Crippen molar-refractivity contribution in [1.82, 2.24) is 9.47 Å². The third-order valence-electron chi connectivity index (χ3n) is 5.36. The fourth-order valence-corrected chi connectivity index (χ4v) is 4.11. The molecule has 0 amide bonds. The lowest BCUT2D eigenvalue weighted by molar-refractivity contribution is 0.0698. The molecule has 1 N–H and O–H groups in total. The van der Waals surface area contributed by atoms with Crippen LogP contribution >= 0.6 is 0 Å². The van der Waals surface area contributed by atoms with Crippen molar-refractivity contribution in [3.63, 3.8) is 0 Å². The quantitative estimate of drug-likeness (QED) is 0.871. The number of carboxylic acids is 1. The van der Waals surface area contributed by atoms with Crippen LogP contribution in [0.3, 0.4) is 0 Å². The zero-order valence-electron chi connectivity index (χ0n) is 15.1.